The van der Waals surface area contributed by atoms with Gasteiger partial charge in [-0.2, -0.15) is 0 Å². The molecule has 21 heavy (non-hydrogen) atoms. The summed E-state index contributed by atoms with van der Waals surface area (Å²) in [4.78, 5) is 11.9. The lowest BCUT2D eigenvalue weighted by molar-refractivity contribution is -0.114. The van der Waals surface area contributed by atoms with Crippen molar-refractivity contribution in [2.24, 2.45) is 0 Å². The van der Waals surface area contributed by atoms with Crippen LogP contribution in [0.25, 0.3) is 0 Å². The molecule has 0 bridgehead atoms. The molecule has 2 aromatic rings. The third-order valence-corrected chi connectivity index (χ3v) is 3.31. The van der Waals surface area contributed by atoms with Crippen LogP contribution in [0.3, 0.4) is 0 Å². The first kappa shape index (κ1) is 15.6. The summed E-state index contributed by atoms with van der Waals surface area (Å²) in [6, 6.07) is 9.37. The molecule has 0 aliphatic rings. The normalized spacial score (nSPS) is 11.2. The highest BCUT2D eigenvalue weighted by Gasteiger charge is 2.19. The molecule has 0 atom stereocenters. The zero-order chi connectivity index (χ0) is 15.5. The molecule has 0 fully saturated rings. The van der Waals surface area contributed by atoms with Crippen molar-refractivity contribution in [1.82, 2.24) is 5.16 Å². The van der Waals surface area contributed by atoms with Gasteiger partial charge in [0.1, 0.15) is 0 Å². The van der Waals surface area contributed by atoms with Crippen molar-refractivity contribution in [2.75, 3.05) is 17.2 Å². The Morgan fingerprint density at radius 3 is 2.71 bits per heavy atom. The van der Waals surface area contributed by atoms with Crippen LogP contribution in [0.5, 0.6) is 0 Å². The number of nitrogens with zero attached hydrogens (tertiary/aromatic N) is 1. The Balaban J connectivity index is 1.89. The molecule has 1 aromatic heterocycles. The summed E-state index contributed by atoms with van der Waals surface area (Å²) < 4.78 is 6.07. The van der Waals surface area contributed by atoms with Gasteiger partial charge in [-0.05, 0) is 18.2 Å². The van der Waals surface area contributed by atoms with Gasteiger partial charge in [-0.1, -0.05) is 47.9 Å². The minimum absolute atomic E-state index is 0.110. The summed E-state index contributed by atoms with van der Waals surface area (Å²) in [6.07, 6.45) is 0. The van der Waals surface area contributed by atoms with Crippen molar-refractivity contribution in [3.05, 3.63) is 40.5 Å². The van der Waals surface area contributed by atoms with Crippen LogP contribution in [0.2, 0.25) is 0 Å². The van der Waals surface area contributed by atoms with Gasteiger partial charge >= 0.3 is 0 Å². The van der Waals surface area contributed by atoms with E-state index in [-0.39, 0.29) is 17.9 Å². The summed E-state index contributed by atoms with van der Waals surface area (Å²) in [7, 11) is 0. The summed E-state index contributed by atoms with van der Waals surface area (Å²) >= 11 is 3.38. The predicted octanol–water partition coefficient (Wildman–Crippen LogP) is 3.79. The van der Waals surface area contributed by atoms with E-state index in [1.807, 2.05) is 45.0 Å². The van der Waals surface area contributed by atoms with Crippen LogP contribution in [0.15, 0.2) is 39.3 Å². The highest BCUT2D eigenvalue weighted by Crippen LogP contribution is 2.23. The van der Waals surface area contributed by atoms with Crippen LogP contribution in [0.4, 0.5) is 11.6 Å². The number of hydrogen-bond acceptors (Lipinski definition) is 4. The summed E-state index contributed by atoms with van der Waals surface area (Å²) in [5, 5.41) is 9.67. The van der Waals surface area contributed by atoms with Gasteiger partial charge in [-0.15, -0.1) is 0 Å². The number of halogens is 1. The van der Waals surface area contributed by atoms with Crippen LogP contribution in [-0.4, -0.2) is 17.6 Å². The minimum atomic E-state index is -0.188. The maximum Gasteiger partial charge on any atom is 0.246 e. The lowest BCUT2D eigenvalue weighted by Crippen LogP contribution is -2.21. The Hall–Kier alpha value is -1.82. The number of nitrogens with one attached hydrogen (secondary N) is 2. The lowest BCUT2D eigenvalue weighted by atomic mass is 9.92. The monoisotopic (exact) mass is 351 g/mol. The summed E-state index contributed by atoms with van der Waals surface area (Å²) in [6.45, 7) is 6.25. The van der Waals surface area contributed by atoms with Gasteiger partial charge in [0.2, 0.25) is 11.8 Å². The Kier molecular flexibility index (Phi) is 4.67. The largest absolute Gasteiger partial charge is 0.376 e. The van der Waals surface area contributed by atoms with E-state index in [1.165, 1.54) is 0 Å². The van der Waals surface area contributed by atoms with Gasteiger partial charge in [-0.3, -0.25) is 10.1 Å². The van der Waals surface area contributed by atoms with Crippen LogP contribution in [0, 0.1) is 0 Å². The van der Waals surface area contributed by atoms with Gasteiger partial charge in [0.15, 0.2) is 0 Å². The van der Waals surface area contributed by atoms with E-state index in [1.54, 1.807) is 6.07 Å². The van der Waals surface area contributed by atoms with Gasteiger partial charge in [0, 0.05) is 21.6 Å². The molecule has 2 N–H and O–H groups in total. The fourth-order valence-corrected chi connectivity index (χ4v) is 2.05. The predicted molar refractivity (Wildman–Crippen MR) is 86.5 cm³/mol. The second kappa shape index (κ2) is 6.30. The molecule has 1 heterocycles. The quantitative estimate of drug-likeness (QED) is 0.879. The Bertz CT molecular complexity index is 632. The van der Waals surface area contributed by atoms with Crippen LogP contribution in [-0.2, 0) is 10.2 Å². The molecular formula is C15H18BrN3O2. The van der Waals surface area contributed by atoms with Crippen molar-refractivity contribution >= 4 is 33.4 Å². The molecule has 1 amide bonds. The van der Waals surface area contributed by atoms with Gasteiger partial charge in [0.25, 0.3) is 0 Å². The highest BCUT2D eigenvalue weighted by molar-refractivity contribution is 9.10. The molecule has 2 rings (SSSR count). The Labute approximate surface area is 132 Å². The maximum atomic E-state index is 11.9. The molecule has 0 saturated carbocycles. The molecule has 1 aromatic carbocycles. The van der Waals surface area contributed by atoms with Gasteiger partial charge < -0.3 is 9.84 Å². The van der Waals surface area contributed by atoms with Crippen molar-refractivity contribution in [3.8, 4) is 0 Å². The van der Waals surface area contributed by atoms with E-state index in [9.17, 15) is 4.79 Å². The first-order valence-electron chi connectivity index (χ1n) is 6.61. The summed E-state index contributed by atoms with van der Waals surface area (Å²) in [5.41, 5.74) is 1.56. The van der Waals surface area contributed by atoms with Crippen molar-refractivity contribution in [2.45, 2.75) is 26.2 Å². The van der Waals surface area contributed by atoms with Crippen LogP contribution >= 0.6 is 15.9 Å². The number of carbonyl (C=O) groups excluding carboxylic acids is 1. The molecule has 0 aliphatic heterocycles. The number of carbonyl (C=O) groups is 1. The molecule has 0 unspecified atom stereocenters. The lowest BCUT2D eigenvalue weighted by Gasteiger charge is -2.12. The third kappa shape index (κ3) is 4.60. The zero-order valence-corrected chi connectivity index (χ0v) is 13.8. The zero-order valence-electron chi connectivity index (χ0n) is 12.2. The molecule has 0 aliphatic carbocycles. The van der Waals surface area contributed by atoms with E-state index in [2.05, 4.69) is 31.7 Å². The summed E-state index contributed by atoms with van der Waals surface area (Å²) in [5.74, 6) is 0.174. The number of aromatic nitrogens is 1. The van der Waals surface area contributed by atoms with E-state index < -0.39 is 0 Å². The Morgan fingerprint density at radius 1 is 1.33 bits per heavy atom. The number of amides is 1. The minimum Gasteiger partial charge on any atom is -0.376 e. The first-order chi connectivity index (χ1) is 9.84. The Morgan fingerprint density at radius 2 is 2.10 bits per heavy atom. The first-order valence-corrected chi connectivity index (χ1v) is 7.40. The molecule has 0 spiro atoms. The number of rotatable bonds is 4. The second-order valence-corrected chi connectivity index (χ2v) is 6.65. The fraction of sp³-hybridized carbons (Fsp3) is 0.333. The number of benzene rings is 1. The molecule has 0 saturated heterocycles. The smallest absolute Gasteiger partial charge is 0.246 e. The highest BCUT2D eigenvalue weighted by atomic mass is 79.9. The molecule has 0 radical (unpaired) electrons. The van der Waals surface area contributed by atoms with Crippen molar-refractivity contribution in [1.29, 1.82) is 0 Å². The van der Waals surface area contributed by atoms with Crippen LogP contribution < -0.4 is 10.6 Å². The fourth-order valence-electron chi connectivity index (χ4n) is 1.65. The molecule has 6 heteroatoms. The number of hydrogen-bond donors (Lipinski definition) is 2. The number of anilines is 2. The van der Waals surface area contributed by atoms with Crippen molar-refractivity contribution < 1.29 is 9.32 Å². The maximum absolute atomic E-state index is 11.9. The van der Waals surface area contributed by atoms with E-state index in [4.69, 9.17) is 4.52 Å². The average Bonchev–Trinajstić information content (AvgIpc) is 2.85. The molecular weight excluding hydrogens is 334 g/mol. The van der Waals surface area contributed by atoms with Crippen LogP contribution in [0.1, 0.15) is 26.5 Å². The standard InChI is InChI=1S/C15H18BrN3O2/c1-15(2,3)12-8-14(21-19-12)18-13(20)9-17-11-6-4-5-10(16)7-11/h4-8,17H,9H2,1-3H3,(H,18,20). The third-order valence-electron chi connectivity index (χ3n) is 2.82. The van der Waals surface area contributed by atoms with Crippen molar-refractivity contribution in [3.63, 3.8) is 0 Å². The molecule has 5 nitrogen and oxygen atoms in total. The van der Waals surface area contributed by atoms with Gasteiger partial charge in [0.05, 0.1) is 12.2 Å². The topological polar surface area (TPSA) is 67.2 Å². The van der Waals surface area contributed by atoms with E-state index in [0.717, 1.165) is 15.9 Å². The van der Waals surface area contributed by atoms with E-state index >= 15 is 0 Å². The average molecular weight is 352 g/mol. The SMILES string of the molecule is CC(C)(C)c1cc(NC(=O)CNc2cccc(Br)c2)on1. The van der Waals surface area contributed by atoms with E-state index in [0.29, 0.717) is 5.88 Å². The van der Waals surface area contributed by atoms with Gasteiger partial charge in [-0.25, -0.2) is 0 Å². The molecule has 112 valence electrons. The second-order valence-electron chi connectivity index (χ2n) is 5.74.